The van der Waals surface area contributed by atoms with Crippen LogP contribution in [-0.2, 0) is 16.0 Å². The molecule has 0 bridgehead atoms. The van der Waals surface area contributed by atoms with Crippen LogP contribution in [-0.4, -0.2) is 49.5 Å². The molecule has 152 valence electrons. The summed E-state index contributed by atoms with van der Waals surface area (Å²) in [6, 6.07) is 11.1. The van der Waals surface area contributed by atoms with Crippen LogP contribution in [0, 0.1) is 0 Å². The summed E-state index contributed by atoms with van der Waals surface area (Å²) in [4.78, 5) is 28.0. The number of amides is 2. The molecular weight excluding hydrogens is 413 g/mol. The molecule has 6 nitrogen and oxygen atoms in total. The second-order valence-corrected chi connectivity index (χ2v) is 7.92. The van der Waals surface area contributed by atoms with Crippen molar-refractivity contribution in [1.82, 2.24) is 4.90 Å². The monoisotopic (exact) mass is 433 g/mol. The average molecular weight is 434 g/mol. The fourth-order valence-corrected chi connectivity index (χ4v) is 3.90. The minimum absolute atomic E-state index is 0.00709. The summed E-state index contributed by atoms with van der Waals surface area (Å²) in [5.74, 6) is 0.752. The zero-order valence-corrected chi connectivity index (χ0v) is 17.3. The minimum Gasteiger partial charge on any atom is -0.493 e. The summed E-state index contributed by atoms with van der Waals surface area (Å²) in [5.41, 5.74) is 2.77. The molecule has 1 saturated heterocycles. The van der Waals surface area contributed by atoms with Crippen molar-refractivity contribution in [2.75, 3.05) is 43.0 Å². The molecule has 2 amide bonds. The molecule has 0 unspecified atom stereocenters. The van der Waals surface area contributed by atoms with Crippen molar-refractivity contribution in [2.24, 2.45) is 0 Å². The number of piperazine rings is 1. The third-order valence-electron chi connectivity index (χ3n) is 5.19. The van der Waals surface area contributed by atoms with Crippen molar-refractivity contribution in [3.63, 3.8) is 0 Å². The number of nitrogens with one attached hydrogen (secondary N) is 1. The van der Waals surface area contributed by atoms with Gasteiger partial charge in [-0.05, 0) is 42.0 Å². The number of carbonyl (C=O) groups is 2. The molecule has 29 heavy (non-hydrogen) atoms. The van der Waals surface area contributed by atoms with Gasteiger partial charge in [0, 0.05) is 37.6 Å². The van der Waals surface area contributed by atoms with Crippen molar-refractivity contribution < 1.29 is 14.3 Å². The number of benzene rings is 2. The van der Waals surface area contributed by atoms with Crippen LogP contribution >= 0.6 is 23.2 Å². The number of hydrogen-bond donors (Lipinski definition) is 1. The van der Waals surface area contributed by atoms with E-state index in [1.54, 1.807) is 6.07 Å². The largest absolute Gasteiger partial charge is 0.493 e. The van der Waals surface area contributed by atoms with E-state index in [1.165, 1.54) is 0 Å². The molecule has 1 N–H and O–H groups in total. The van der Waals surface area contributed by atoms with Gasteiger partial charge in [-0.2, -0.15) is 0 Å². The molecule has 0 atom stereocenters. The van der Waals surface area contributed by atoms with Crippen LogP contribution in [0.1, 0.15) is 12.0 Å². The van der Waals surface area contributed by atoms with Gasteiger partial charge in [-0.25, -0.2) is 0 Å². The standard InChI is InChI=1S/C21H21Cl2N3O3/c22-17-3-1-15(13-18(17)23)25-6-8-26(9-7-25)21(28)5-10-29-16-2-4-19-14(11-16)12-20(27)24-19/h1-4,11,13H,5-10,12H2,(H,24,27). The van der Waals surface area contributed by atoms with Crippen LogP contribution in [0.4, 0.5) is 11.4 Å². The fourth-order valence-electron chi connectivity index (χ4n) is 3.61. The maximum Gasteiger partial charge on any atom is 0.228 e. The molecule has 2 aromatic rings. The Bertz CT molecular complexity index is 943. The summed E-state index contributed by atoms with van der Waals surface area (Å²) >= 11 is 12.1. The third-order valence-corrected chi connectivity index (χ3v) is 5.93. The summed E-state index contributed by atoms with van der Waals surface area (Å²) in [5, 5.41) is 3.86. The Hall–Kier alpha value is -2.44. The predicted octanol–water partition coefficient (Wildman–Crippen LogP) is 3.61. The van der Waals surface area contributed by atoms with E-state index in [4.69, 9.17) is 27.9 Å². The Labute approximate surface area is 179 Å². The van der Waals surface area contributed by atoms with E-state index in [0.717, 1.165) is 30.0 Å². The Kier molecular flexibility index (Phi) is 5.83. The number of hydrogen-bond acceptors (Lipinski definition) is 4. The number of nitrogens with zero attached hydrogens (tertiary/aromatic N) is 2. The van der Waals surface area contributed by atoms with Crippen molar-refractivity contribution in [3.05, 3.63) is 52.0 Å². The van der Waals surface area contributed by atoms with Gasteiger partial charge in [0.2, 0.25) is 11.8 Å². The molecule has 0 aliphatic carbocycles. The lowest BCUT2D eigenvalue weighted by Crippen LogP contribution is -2.49. The second kappa shape index (κ2) is 8.51. The molecule has 2 aliphatic rings. The zero-order chi connectivity index (χ0) is 20.4. The van der Waals surface area contributed by atoms with Gasteiger partial charge >= 0.3 is 0 Å². The highest BCUT2D eigenvalue weighted by Crippen LogP contribution is 2.28. The van der Waals surface area contributed by atoms with Crippen LogP contribution in [0.15, 0.2) is 36.4 Å². The first-order valence-corrected chi connectivity index (χ1v) is 10.3. The Morgan fingerprint density at radius 3 is 2.59 bits per heavy atom. The lowest BCUT2D eigenvalue weighted by Gasteiger charge is -2.36. The Morgan fingerprint density at radius 1 is 1.03 bits per heavy atom. The van der Waals surface area contributed by atoms with Crippen LogP contribution in [0.25, 0.3) is 0 Å². The fraction of sp³-hybridized carbons (Fsp3) is 0.333. The number of halogens is 2. The number of anilines is 2. The minimum atomic E-state index is -0.00709. The molecule has 0 aromatic heterocycles. The smallest absolute Gasteiger partial charge is 0.228 e. The van der Waals surface area contributed by atoms with Crippen LogP contribution in [0.2, 0.25) is 10.0 Å². The lowest BCUT2D eigenvalue weighted by atomic mass is 10.1. The van der Waals surface area contributed by atoms with E-state index < -0.39 is 0 Å². The predicted molar refractivity (Wildman–Crippen MR) is 114 cm³/mol. The van der Waals surface area contributed by atoms with Gasteiger partial charge in [0.25, 0.3) is 0 Å². The van der Waals surface area contributed by atoms with Crippen molar-refractivity contribution in [2.45, 2.75) is 12.8 Å². The van der Waals surface area contributed by atoms with Gasteiger partial charge in [0.1, 0.15) is 5.75 Å². The van der Waals surface area contributed by atoms with Crippen LogP contribution in [0.3, 0.4) is 0 Å². The molecule has 2 heterocycles. The quantitative estimate of drug-likeness (QED) is 0.781. The number of rotatable bonds is 5. The van der Waals surface area contributed by atoms with Gasteiger partial charge in [-0.1, -0.05) is 23.2 Å². The number of ether oxygens (including phenoxy) is 1. The molecule has 0 spiro atoms. The highest BCUT2D eigenvalue weighted by Gasteiger charge is 2.22. The molecule has 2 aromatic carbocycles. The first kappa shape index (κ1) is 19.9. The first-order chi connectivity index (χ1) is 14.0. The average Bonchev–Trinajstić information content (AvgIpc) is 3.09. The molecule has 4 rings (SSSR count). The molecule has 0 radical (unpaired) electrons. The van der Waals surface area contributed by atoms with E-state index in [1.807, 2.05) is 35.2 Å². The van der Waals surface area contributed by atoms with Gasteiger partial charge in [-0.3, -0.25) is 9.59 Å². The van der Waals surface area contributed by atoms with Gasteiger partial charge in [0.15, 0.2) is 0 Å². The maximum absolute atomic E-state index is 12.5. The molecular formula is C21H21Cl2N3O3. The second-order valence-electron chi connectivity index (χ2n) is 7.11. The van der Waals surface area contributed by atoms with Gasteiger partial charge < -0.3 is 19.9 Å². The zero-order valence-electron chi connectivity index (χ0n) is 15.8. The van der Waals surface area contributed by atoms with Crippen molar-refractivity contribution >= 4 is 46.4 Å². The summed E-state index contributed by atoms with van der Waals surface area (Å²) in [6.45, 7) is 3.12. The summed E-state index contributed by atoms with van der Waals surface area (Å²) in [7, 11) is 0. The van der Waals surface area contributed by atoms with E-state index >= 15 is 0 Å². The molecule has 8 heteroatoms. The van der Waals surface area contributed by atoms with Crippen molar-refractivity contribution in [1.29, 1.82) is 0 Å². The number of fused-ring (bicyclic) bond motifs is 1. The molecule has 2 aliphatic heterocycles. The number of carbonyl (C=O) groups excluding carboxylic acids is 2. The lowest BCUT2D eigenvalue weighted by molar-refractivity contribution is -0.132. The highest BCUT2D eigenvalue weighted by molar-refractivity contribution is 6.42. The van der Waals surface area contributed by atoms with E-state index in [9.17, 15) is 9.59 Å². The highest BCUT2D eigenvalue weighted by atomic mass is 35.5. The van der Waals surface area contributed by atoms with E-state index in [0.29, 0.717) is 48.3 Å². The topological polar surface area (TPSA) is 61.9 Å². The van der Waals surface area contributed by atoms with E-state index in [2.05, 4.69) is 10.2 Å². The Morgan fingerprint density at radius 2 is 1.83 bits per heavy atom. The normalized spacial score (nSPS) is 15.9. The molecule has 1 fully saturated rings. The first-order valence-electron chi connectivity index (χ1n) is 9.53. The summed E-state index contributed by atoms with van der Waals surface area (Å²) < 4.78 is 5.72. The van der Waals surface area contributed by atoms with Crippen LogP contribution in [0.5, 0.6) is 5.75 Å². The van der Waals surface area contributed by atoms with Gasteiger partial charge in [-0.15, -0.1) is 0 Å². The van der Waals surface area contributed by atoms with Crippen molar-refractivity contribution in [3.8, 4) is 5.75 Å². The maximum atomic E-state index is 12.5. The summed E-state index contributed by atoms with van der Waals surface area (Å²) in [6.07, 6.45) is 0.690. The third kappa shape index (κ3) is 4.60. The Balaban J connectivity index is 1.23. The van der Waals surface area contributed by atoms with Gasteiger partial charge in [0.05, 0.1) is 29.5 Å². The van der Waals surface area contributed by atoms with E-state index in [-0.39, 0.29) is 11.8 Å². The molecule has 0 saturated carbocycles. The SMILES string of the molecule is O=C1Cc2cc(OCCC(=O)N3CCN(c4ccc(Cl)c(Cl)c4)CC3)ccc2N1. The van der Waals surface area contributed by atoms with Crippen LogP contribution < -0.4 is 15.0 Å².